The summed E-state index contributed by atoms with van der Waals surface area (Å²) in [6.07, 6.45) is -5.46. The second-order valence-corrected chi connectivity index (χ2v) is 6.01. The van der Waals surface area contributed by atoms with Crippen molar-refractivity contribution in [2.24, 2.45) is 5.73 Å². The Morgan fingerprint density at radius 2 is 1.93 bits per heavy atom. The molecule has 0 aliphatic heterocycles. The molecule has 0 aliphatic carbocycles. The lowest BCUT2D eigenvalue weighted by molar-refractivity contribution is -0.143. The van der Waals surface area contributed by atoms with Crippen LogP contribution in [0.2, 0.25) is 0 Å². The minimum Gasteiger partial charge on any atom is -0.507 e. The fourth-order valence-electron chi connectivity index (χ4n) is 2.80. The van der Waals surface area contributed by atoms with Gasteiger partial charge in [-0.3, -0.25) is 4.79 Å². The molecule has 0 saturated carbocycles. The van der Waals surface area contributed by atoms with Crippen LogP contribution in [0.1, 0.15) is 36.1 Å². The molecule has 1 atom stereocenters. The number of ether oxygens (including phenoxy) is 1. The number of phenolic OH excluding ortho intramolecular Hbond substituents is 1. The summed E-state index contributed by atoms with van der Waals surface area (Å²) in [7, 11) is 0. The topological polar surface area (TPSA) is 72.5 Å². The fraction of sp³-hybridized carbons (Fsp3) is 0.316. The van der Waals surface area contributed by atoms with Crippen LogP contribution in [-0.2, 0) is 15.7 Å². The summed E-state index contributed by atoms with van der Waals surface area (Å²) in [4.78, 5) is 11.6. The molecular formula is C19H20ClF4NO3. The SMILES string of the molecule is CCOC(=O)C[C@H](N)c1cc(-c2c(C)cccc2O)cc(C(F)(F)F)c1F.Cl. The number of carbonyl (C=O) groups excluding carboxylic acids is 1. The molecule has 0 heterocycles. The summed E-state index contributed by atoms with van der Waals surface area (Å²) < 4.78 is 59.3. The number of aromatic hydroxyl groups is 1. The first-order valence-electron chi connectivity index (χ1n) is 8.17. The molecule has 2 aromatic rings. The van der Waals surface area contributed by atoms with E-state index in [9.17, 15) is 27.5 Å². The highest BCUT2D eigenvalue weighted by Gasteiger charge is 2.37. The molecule has 154 valence electrons. The third-order valence-electron chi connectivity index (χ3n) is 4.04. The van der Waals surface area contributed by atoms with E-state index >= 15 is 0 Å². The molecule has 4 nitrogen and oxygen atoms in total. The van der Waals surface area contributed by atoms with Crippen LogP contribution in [-0.4, -0.2) is 17.7 Å². The molecule has 0 bridgehead atoms. The van der Waals surface area contributed by atoms with Gasteiger partial charge in [0, 0.05) is 17.2 Å². The van der Waals surface area contributed by atoms with Gasteiger partial charge in [-0.1, -0.05) is 12.1 Å². The van der Waals surface area contributed by atoms with Gasteiger partial charge in [0.1, 0.15) is 11.6 Å². The van der Waals surface area contributed by atoms with Gasteiger partial charge in [0.25, 0.3) is 0 Å². The molecule has 0 radical (unpaired) electrons. The molecule has 2 rings (SSSR count). The summed E-state index contributed by atoms with van der Waals surface area (Å²) in [5, 5.41) is 10.1. The van der Waals surface area contributed by atoms with E-state index in [4.69, 9.17) is 10.5 Å². The van der Waals surface area contributed by atoms with Crippen molar-refractivity contribution in [3.8, 4) is 16.9 Å². The normalized spacial score (nSPS) is 12.2. The Balaban J connectivity index is 0.00000392. The van der Waals surface area contributed by atoms with Crippen molar-refractivity contribution in [1.82, 2.24) is 0 Å². The lowest BCUT2D eigenvalue weighted by Gasteiger charge is -2.19. The van der Waals surface area contributed by atoms with Gasteiger partial charge >= 0.3 is 12.1 Å². The van der Waals surface area contributed by atoms with Gasteiger partial charge in [-0.05, 0) is 43.2 Å². The average Bonchev–Trinajstić information content (AvgIpc) is 2.54. The molecule has 0 saturated heterocycles. The molecular weight excluding hydrogens is 402 g/mol. The maximum absolute atomic E-state index is 14.5. The lowest BCUT2D eigenvalue weighted by atomic mass is 9.92. The Morgan fingerprint density at radius 1 is 1.29 bits per heavy atom. The van der Waals surface area contributed by atoms with Crippen molar-refractivity contribution in [3.05, 3.63) is 52.8 Å². The van der Waals surface area contributed by atoms with Gasteiger partial charge in [-0.15, -0.1) is 12.4 Å². The van der Waals surface area contributed by atoms with Gasteiger partial charge in [0.15, 0.2) is 0 Å². The van der Waals surface area contributed by atoms with Crippen LogP contribution in [0.5, 0.6) is 5.75 Å². The molecule has 0 spiro atoms. The first-order valence-corrected chi connectivity index (χ1v) is 8.17. The van der Waals surface area contributed by atoms with Crippen molar-refractivity contribution in [2.45, 2.75) is 32.5 Å². The molecule has 28 heavy (non-hydrogen) atoms. The van der Waals surface area contributed by atoms with E-state index in [0.717, 1.165) is 6.07 Å². The van der Waals surface area contributed by atoms with Crippen LogP contribution in [0.25, 0.3) is 11.1 Å². The van der Waals surface area contributed by atoms with Crippen molar-refractivity contribution in [3.63, 3.8) is 0 Å². The zero-order chi connectivity index (χ0) is 20.4. The Bertz CT molecular complexity index is 836. The van der Waals surface area contributed by atoms with Crippen molar-refractivity contribution in [1.29, 1.82) is 0 Å². The monoisotopic (exact) mass is 421 g/mol. The number of nitrogens with two attached hydrogens (primary N) is 1. The number of alkyl halides is 3. The Kier molecular flexibility index (Phi) is 7.84. The summed E-state index contributed by atoms with van der Waals surface area (Å²) in [6, 6.07) is 4.86. The van der Waals surface area contributed by atoms with Crippen LogP contribution in [0.3, 0.4) is 0 Å². The van der Waals surface area contributed by atoms with Gasteiger partial charge < -0.3 is 15.6 Å². The number of hydrogen-bond donors (Lipinski definition) is 2. The molecule has 0 aromatic heterocycles. The molecule has 0 fully saturated rings. The number of aryl methyl sites for hydroxylation is 1. The molecule has 0 unspecified atom stereocenters. The number of halogens is 5. The second kappa shape index (κ2) is 9.25. The van der Waals surface area contributed by atoms with Crippen LogP contribution >= 0.6 is 12.4 Å². The van der Waals surface area contributed by atoms with Crippen LogP contribution in [0.15, 0.2) is 30.3 Å². The zero-order valence-corrected chi connectivity index (χ0v) is 16.0. The summed E-state index contributed by atoms with van der Waals surface area (Å²) >= 11 is 0. The van der Waals surface area contributed by atoms with Crippen LogP contribution in [0.4, 0.5) is 17.6 Å². The molecule has 3 N–H and O–H groups in total. The van der Waals surface area contributed by atoms with E-state index in [2.05, 4.69) is 0 Å². The minimum absolute atomic E-state index is 0. The van der Waals surface area contributed by atoms with Gasteiger partial charge in [-0.25, -0.2) is 4.39 Å². The predicted octanol–water partition coefficient (Wildman–Crippen LogP) is 4.90. The van der Waals surface area contributed by atoms with E-state index in [1.807, 2.05) is 0 Å². The number of esters is 1. The van der Waals surface area contributed by atoms with Gasteiger partial charge in [0.05, 0.1) is 18.6 Å². The standard InChI is InChI=1S/C19H19F4NO3.ClH/c1-3-27-16(26)9-14(24)12-7-11(8-13(18(12)20)19(21,22)23)17-10(2)5-4-6-15(17)25;/h4-8,14,25H,3,9,24H2,1-2H3;1H/t14-;/m0./s1. The van der Waals surface area contributed by atoms with E-state index in [0.29, 0.717) is 11.6 Å². The Hall–Kier alpha value is -2.32. The summed E-state index contributed by atoms with van der Waals surface area (Å²) in [6.45, 7) is 3.23. The molecule has 0 amide bonds. The first-order chi connectivity index (χ1) is 12.6. The maximum Gasteiger partial charge on any atom is 0.419 e. The number of benzene rings is 2. The van der Waals surface area contributed by atoms with Gasteiger partial charge in [0.2, 0.25) is 0 Å². The van der Waals surface area contributed by atoms with E-state index in [-0.39, 0.29) is 35.9 Å². The van der Waals surface area contributed by atoms with Crippen molar-refractivity contribution in [2.75, 3.05) is 6.61 Å². The molecule has 0 aliphatic rings. The fourth-order valence-corrected chi connectivity index (χ4v) is 2.80. The van der Waals surface area contributed by atoms with E-state index in [1.165, 1.54) is 12.1 Å². The minimum atomic E-state index is -4.98. The maximum atomic E-state index is 14.5. The number of carbonyl (C=O) groups is 1. The largest absolute Gasteiger partial charge is 0.507 e. The highest BCUT2D eigenvalue weighted by atomic mass is 35.5. The van der Waals surface area contributed by atoms with Crippen LogP contribution < -0.4 is 5.73 Å². The second-order valence-electron chi connectivity index (χ2n) is 6.01. The Morgan fingerprint density at radius 3 is 2.46 bits per heavy atom. The number of rotatable bonds is 5. The lowest BCUT2D eigenvalue weighted by Crippen LogP contribution is -2.20. The first kappa shape index (κ1) is 23.7. The van der Waals surface area contributed by atoms with Crippen molar-refractivity contribution >= 4 is 18.4 Å². The quantitative estimate of drug-likeness (QED) is 0.532. The average molecular weight is 422 g/mol. The highest BCUT2D eigenvalue weighted by Crippen LogP contribution is 2.40. The van der Waals surface area contributed by atoms with Crippen molar-refractivity contribution < 1.29 is 32.2 Å². The van der Waals surface area contributed by atoms with E-state index in [1.54, 1.807) is 19.9 Å². The predicted molar refractivity (Wildman–Crippen MR) is 98.7 cm³/mol. The summed E-state index contributed by atoms with van der Waals surface area (Å²) in [5.74, 6) is -2.54. The third kappa shape index (κ3) is 5.14. The molecule has 2 aromatic carbocycles. The third-order valence-corrected chi connectivity index (χ3v) is 4.04. The van der Waals surface area contributed by atoms with E-state index < -0.39 is 41.6 Å². The zero-order valence-electron chi connectivity index (χ0n) is 15.1. The number of phenols is 1. The number of hydrogen-bond acceptors (Lipinski definition) is 4. The summed E-state index contributed by atoms with van der Waals surface area (Å²) in [5.41, 5.74) is 4.38. The molecule has 9 heteroatoms. The smallest absolute Gasteiger partial charge is 0.419 e. The highest BCUT2D eigenvalue weighted by molar-refractivity contribution is 5.85. The Labute approximate surface area is 165 Å². The van der Waals surface area contributed by atoms with Crippen LogP contribution in [0, 0.1) is 12.7 Å². The van der Waals surface area contributed by atoms with Gasteiger partial charge in [-0.2, -0.15) is 13.2 Å².